The molecule has 0 unspecified atom stereocenters. The van der Waals surface area contributed by atoms with Crippen LogP contribution in [0, 0.1) is 0 Å². The third-order valence-corrected chi connectivity index (χ3v) is 3.21. The van der Waals surface area contributed by atoms with Gasteiger partial charge in [0.05, 0.1) is 11.3 Å². The summed E-state index contributed by atoms with van der Waals surface area (Å²) in [5, 5.41) is 5.69. The highest BCUT2D eigenvalue weighted by molar-refractivity contribution is 6.14. The summed E-state index contributed by atoms with van der Waals surface area (Å²) in [4.78, 5) is 12.1. The van der Waals surface area contributed by atoms with Crippen LogP contribution < -0.4 is 5.01 Å². The SMILES string of the molecule is CN1C(=O)c2cccc3cccc(c23)N1C. The Balaban J connectivity index is 2.48. The third kappa shape index (κ3) is 0.999. The van der Waals surface area contributed by atoms with Crippen molar-refractivity contribution in [3.63, 3.8) is 0 Å². The lowest BCUT2D eigenvalue weighted by Crippen LogP contribution is -2.44. The van der Waals surface area contributed by atoms with Gasteiger partial charge in [0, 0.05) is 19.5 Å². The van der Waals surface area contributed by atoms with Crippen molar-refractivity contribution in [2.45, 2.75) is 0 Å². The Hall–Kier alpha value is -2.03. The largest absolute Gasteiger partial charge is 0.285 e. The highest BCUT2D eigenvalue weighted by atomic mass is 16.2. The van der Waals surface area contributed by atoms with Crippen LogP contribution in [0.25, 0.3) is 10.8 Å². The topological polar surface area (TPSA) is 23.6 Å². The molecule has 0 N–H and O–H groups in total. The van der Waals surface area contributed by atoms with E-state index in [0.717, 1.165) is 22.0 Å². The summed E-state index contributed by atoms with van der Waals surface area (Å²) < 4.78 is 0. The van der Waals surface area contributed by atoms with Crippen LogP contribution >= 0.6 is 0 Å². The van der Waals surface area contributed by atoms with Crippen LogP contribution in [-0.2, 0) is 0 Å². The third-order valence-electron chi connectivity index (χ3n) is 3.21. The van der Waals surface area contributed by atoms with Crippen molar-refractivity contribution in [2.75, 3.05) is 19.1 Å². The number of hydrazine groups is 1. The summed E-state index contributed by atoms with van der Waals surface area (Å²) in [6, 6.07) is 11.9. The van der Waals surface area contributed by atoms with E-state index in [9.17, 15) is 4.79 Å². The van der Waals surface area contributed by atoms with Crippen molar-refractivity contribution in [3.05, 3.63) is 42.0 Å². The van der Waals surface area contributed by atoms with E-state index in [0.29, 0.717) is 0 Å². The summed E-state index contributed by atoms with van der Waals surface area (Å²) in [5.74, 6) is 0.0480. The van der Waals surface area contributed by atoms with Crippen LogP contribution in [-0.4, -0.2) is 25.0 Å². The van der Waals surface area contributed by atoms with Gasteiger partial charge in [-0.1, -0.05) is 24.3 Å². The first-order chi connectivity index (χ1) is 7.70. The van der Waals surface area contributed by atoms with E-state index < -0.39 is 0 Å². The van der Waals surface area contributed by atoms with Gasteiger partial charge in [-0.2, -0.15) is 0 Å². The Bertz CT molecular complexity index is 586. The predicted molar refractivity (Wildman–Crippen MR) is 64.4 cm³/mol. The lowest BCUT2D eigenvalue weighted by atomic mass is 10.00. The zero-order chi connectivity index (χ0) is 11.3. The number of rotatable bonds is 0. The van der Waals surface area contributed by atoms with Gasteiger partial charge in [-0.25, -0.2) is 0 Å². The minimum Gasteiger partial charge on any atom is -0.285 e. The molecule has 0 radical (unpaired) electrons. The standard InChI is InChI=1S/C13H12N2O/c1-14-11-8-4-6-9-5-3-7-10(12(9)11)13(16)15(14)2/h3-8H,1-2H3. The molecule has 1 heterocycles. The maximum atomic E-state index is 12.1. The van der Waals surface area contributed by atoms with Crippen LogP contribution in [0.5, 0.6) is 0 Å². The van der Waals surface area contributed by atoms with Crippen LogP contribution in [0.4, 0.5) is 5.69 Å². The molecule has 1 amide bonds. The van der Waals surface area contributed by atoms with Crippen molar-refractivity contribution in [1.29, 1.82) is 0 Å². The summed E-state index contributed by atoms with van der Waals surface area (Å²) in [6.07, 6.45) is 0. The normalized spacial score (nSPS) is 14.8. The number of carbonyl (C=O) groups is 1. The van der Waals surface area contributed by atoms with Crippen LogP contribution in [0.1, 0.15) is 10.4 Å². The molecule has 1 aliphatic heterocycles. The van der Waals surface area contributed by atoms with E-state index >= 15 is 0 Å². The van der Waals surface area contributed by atoms with Gasteiger partial charge in [-0.05, 0) is 17.5 Å². The number of hydrogen-bond donors (Lipinski definition) is 0. The summed E-state index contributed by atoms with van der Waals surface area (Å²) >= 11 is 0. The monoisotopic (exact) mass is 212 g/mol. The predicted octanol–water partition coefficient (Wildman–Crippen LogP) is 2.28. The second kappa shape index (κ2) is 2.98. The van der Waals surface area contributed by atoms with E-state index in [-0.39, 0.29) is 5.91 Å². The maximum Gasteiger partial charge on any atom is 0.272 e. The van der Waals surface area contributed by atoms with Gasteiger partial charge in [-0.3, -0.25) is 14.8 Å². The van der Waals surface area contributed by atoms with Gasteiger partial charge in [0.25, 0.3) is 5.91 Å². The molecular formula is C13H12N2O. The van der Waals surface area contributed by atoms with Gasteiger partial charge >= 0.3 is 0 Å². The molecule has 0 aromatic heterocycles. The minimum atomic E-state index is 0.0480. The molecule has 80 valence electrons. The molecule has 3 heteroatoms. The lowest BCUT2D eigenvalue weighted by molar-refractivity contribution is 0.0783. The fourth-order valence-electron chi connectivity index (χ4n) is 2.24. The fourth-order valence-corrected chi connectivity index (χ4v) is 2.24. The molecule has 0 saturated heterocycles. The zero-order valence-electron chi connectivity index (χ0n) is 9.27. The number of nitrogens with zero attached hydrogens (tertiary/aromatic N) is 2. The number of hydrogen-bond acceptors (Lipinski definition) is 2. The number of carbonyl (C=O) groups excluding carboxylic acids is 1. The van der Waals surface area contributed by atoms with Crippen molar-refractivity contribution in [1.82, 2.24) is 5.01 Å². The van der Waals surface area contributed by atoms with E-state index in [1.807, 2.05) is 48.5 Å². The van der Waals surface area contributed by atoms with E-state index in [2.05, 4.69) is 0 Å². The molecule has 0 bridgehead atoms. The first-order valence-electron chi connectivity index (χ1n) is 5.23. The molecule has 0 aliphatic carbocycles. The Morgan fingerprint density at radius 3 is 2.38 bits per heavy atom. The second-order valence-corrected chi connectivity index (χ2v) is 4.03. The molecule has 2 aromatic rings. The molecular weight excluding hydrogens is 200 g/mol. The number of anilines is 1. The average molecular weight is 212 g/mol. The second-order valence-electron chi connectivity index (χ2n) is 4.03. The Kier molecular flexibility index (Phi) is 1.72. The Morgan fingerprint density at radius 2 is 1.62 bits per heavy atom. The van der Waals surface area contributed by atoms with Gasteiger partial charge < -0.3 is 0 Å². The first-order valence-corrected chi connectivity index (χ1v) is 5.23. The van der Waals surface area contributed by atoms with Crippen LogP contribution in [0.15, 0.2) is 36.4 Å². The number of benzene rings is 2. The first kappa shape index (κ1) is 9.21. The van der Waals surface area contributed by atoms with E-state index in [4.69, 9.17) is 0 Å². The van der Waals surface area contributed by atoms with Crippen LogP contribution in [0.2, 0.25) is 0 Å². The fraction of sp³-hybridized carbons (Fsp3) is 0.154. The van der Waals surface area contributed by atoms with Gasteiger partial charge in [0.1, 0.15) is 0 Å². The molecule has 0 saturated carbocycles. The Labute approximate surface area is 93.9 Å². The molecule has 16 heavy (non-hydrogen) atoms. The summed E-state index contributed by atoms with van der Waals surface area (Å²) in [6.45, 7) is 0. The quantitative estimate of drug-likeness (QED) is 0.668. The van der Waals surface area contributed by atoms with Crippen molar-refractivity contribution < 1.29 is 4.79 Å². The van der Waals surface area contributed by atoms with Gasteiger partial charge in [0.15, 0.2) is 0 Å². The highest BCUT2D eigenvalue weighted by Crippen LogP contribution is 2.34. The molecule has 2 aromatic carbocycles. The van der Waals surface area contributed by atoms with Crippen molar-refractivity contribution in [3.8, 4) is 0 Å². The smallest absolute Gasteiger partial charge is 0.272 e. The molecule has 0 spiro atoms. The van der Waals surface area contributed by atoms with E-state index in [1.165, 1.54) is 0 Å². The lowest BCUT2D eigenvalue weighted by Gasteiger charge is -2.35. The minimum absolute atomic E-state index is 0.0480. The molecule has 3 nitrogen and oxygen atoms in total. The van der Waals surface area contributed by atoms with Crippen molar-refractivity contribution >= 4 is 22.4 Å². The van der Waals surface area contributed by atoms with Crippen LogP contribution in [0.3, 0.4) is 0 Å². The molecule has 0 fully saturated rings. The highest BCUT2D eigenvalue weighted by Gasteiger charge is 2.26. The molecule has 3 rings (SSSR count). The Morgan fingerprint density at radius 1 is 0.938 bits per heavy atom. The van der Waals surface area contributed by atoms with Gasteiger partial charge in [-0.15, -0.1) is 0 Å². The number of amides is 1. The van der Waals surface area contributed by atoms with Crippen molar-refractivity contribution in [2.24, 2.45) is 0 Å². The summed E-state index contributed by atoms with van der Waals surface area (Å²) in [7, 11) is 3.69. The average Bonchev–Trinajstić information content (AvgIpc) is 2.33. The summed E-state index contributed by atoms with van der Waals surface area (Å²) in [5.41, 5.74) is 1.86. The zero-order valence-corrected chi connectivity index (χ0v) is 9.27. The van der Waals surface area contributed by atoms with E-state index in [1.54, 1.807) is 12.1 Å². The maximum absolute atomic E-state index is 12.1. The van der Waals surface area contributed by atoms with Gasteiger partial charge in [0.2, 0.25) is 0 Å². The molecule has 1 aliphatic rings. The molecule has 0 atom stereocenters.